The van der Waals surface area contributed by atoms with Crippen molar-refractivity contribution in [1.29, 1.82) is 0 Å². The number of carbonyl (C=O) groups is 1. The van der Waals surface area contributed by atoms with Gasteiger partial charge in [0.1, 0.15) is 6.10 Å². The van der Waals surface area contributed by atoms with Crippen LogP contribution in [-0.4, -0.2) is 18.5 Å². The fraction of sp³-hybridized carbons (Fsp3) is 0.500. The molecule has 0 heterocycles. The number of ether oxygens (including phenoxy) is 1. The lowest BCUT2D eigenvalue weighted by molar-refractivity contribution is 0.0442. The molecule has 0 spiro atoms. The van der Waals surface area contributed by atoms with Gasteiger partial charge in [-0.3, -0.25) is 4.79 Å². The molecule has 2 nitrogen and oxygen atoms in total. The van der Waals surface area contributed by atoms with Crippen molar-refractivity contribution in [1.82, 2.24) is 0 Å². The number of hydrogen-bond donors (Lipinski definition) is 0. The Morgan fingerprint density at radius 1 is 1.22 bits per heavy atom. The van der Waals surface area contributed by atoms with Crippen LogP contribution in [0.15, 0.2) is 18.2 Å². The van der Waals surface area contributed by atoms with Crippen molar-refractivity contribution in [3.05, 3.63) is 35.4 Å². The molecule has 0 aliphatic carbocycles. The average molecular weight is 256 g/mol. The summed E-state index contributed by atoms with van der Waals surface area (Å²) in [6, 6.07) is 3.12. The average Bonchev–Trinajstić information content (AvgIpc) is 2.31. The Hall–Kier alpha value is -1.29. The van der Waals surface area contributed by atoms with Crippen molar-refractivity contribution < 1.29 is 18.3 Å². The van der Waals surface area contributed by atoms with E-state index in [1.807, 2.05) is 0 Å². The lowest BCUT2D eigenvalue weighted by Crippen LogP contribution is -2.22. The van der Waals surface area contributed by atoms with Gasteiger partial charge in [0.05, 0.1) is 0 Å². The Morgan fingerprint density at radius 3 is 2.44 bits per heavy atom. The number of Topliss-reactive ketones (excluding diaryl/α,β-unsaturated/α-hetero) is 1. The van der Waals surface area contributed by atoms with Gasteiger partial charge in [0.25, 0.3) is 0 Å². The second-order valence-corrected chi connectivity index (χ2v) is 4.69. The molecule has 1 aromatic rings. The zero-order valence-corrected chi connectivity index (χ0v) is 10.9. The number of ketones is 1. The van der Waals surface area contributed by atoms with Gasteiger partial charge in [-0.2, -0.15) is 0 Å². The molecule has 0 aliphatic rings. The van der Waals surface area contributed by atoms with Crippen molar-refractivity contribution in [2.24, 2.45) is 5.92 Å². The van der Waals surface area contributed by atoms with Crippen LogP contribution >= 0.6 is 0 Å². The standard InChI is InChI=1S/C14H18F2O2/c1-9(2)6-7-18-10(3)14(17)11-4-5-12(15)13(16)8-11/h4-5,8-10H,6-7H2,1-3H3. The molecule has 1 unspecified atom stereocenters. The summed E-state index contributed by atoms with van der Waals surface area (Å²) in [6.07, 6.45) is 0.212. The summed E-state index contributed by atoms with van der Waals surface area (Å²) in [4.78, 5) is 11.9. The van der Waals surface area contributed by atoms with Gasteiger partial charge in [0.2, 0.25) is 0 Å². The number of carbonyl (C=O) groups excluding carboxylic acids is 1. The Bertz CT molecular complexity index is 416. The Balaban J connectivity index is 2.60. The Morgan fingerprint density at radius 2 is 1.89 bits per heavy atom. The van der Waals surface area contributed by atoms with Crippen LogP contribution in [0.4, 0.5) is 8.78 Å². The van der Waals surface area contributed by atoms with E-state index in [1.54, 1.807) is 6.92 Å². The SMILES string of the molecule is CC(C)CCOC(C)C(=O)c1ccc(F)c(F)c1. The molecule has 4 heteroatoms. The molecule has 0 fully saturated rings. The molecule has 0 saturated heterocycles. The maximum Gasteiger partial charge on any atom is 0.191 e. The summed E-state index contributed by atoms with van der Waals surface area (Å²) >= 11 is 0. The third-order valence-corrected chi connectivity index (χ3v) is 2.64. The van der Waals surface area contributed by atoms with E-state index in [4.69, 9.17) is 4.74 Å². The van der Waals surface area contributed by atoms with E-state index in [-0.39, 0.29) is 11.3 Å². The van der Waals surface area contributed by atoms with Crippen LogP contribution in [0.1, 0.15) is 37.6 Å². The first-order chi connectivity index (χ1) is 8.41. The second kappa shape index (κ2) is 6.59. The predicted octanol–water partition coefficient (Wildman–Crippen LogP) is 3.60. The lowest BCUT2D eigenvalue weighted by Gasteiger charge is -2.13. The maximum absolute atomic E-state index is 13.0. The largest absolute Gasteiger partial charge is 0.370 e. The van der Waals surface area contributed by atoms with Crippen molar-refractivity contribution in [2.75, 3.05) is 6.61 Å². The van der Waals surface area contributed by atoms with E-state index < -0.39 is 17.7 Å². The van der Waals surface area contributed by atoms with E-state index in [0.717, 1.165) is 18.6 Å². The monoisotopic (exact) mass is 256 g/mol. The van der Waals surface area contributed by atoms with Gasteiger partial charge in [0, 0.05) is 12.2 Å². The summed E-state index contributed by atoms with van der Waals surface area (Å²) in [5.74, 6) is -1.82. The van der Waals surface area contributed by atoms with Crippen LogP contribution in [0.5, 0.6) is 0 Å². The van der Waals surface area contributed by atoms with Gasteiger partial charge < -0.3 is 4.74 Å². The van der Waals surface area contributed by atoms with Crippen LogP contribution in [-0.2, 0) is 4.74 Å². The van der Waals surface area contributed by atoms with Gasteiger partial charge in [-0.25, -0.2) is 8.78 Å². The molecule has 1 rings (SSSR count). The van der Waals surface area contributed by atoms with Crippen LogP contribution < -0.4 is 0 Å². The molecule has 0 amide bonds. The first-order valence-electron chi connectivity index (χ1n) is 6.02. The molecule has 0 aromatic heterocycles. The van der Waals surface area contributed by atoms with E-state index in [1.165, 1.54) is 6.07 Å². The molecule has 1 aromatic carbocycles. The zero-order chi connectivity index (χ0) is 13.7. The van der Waals surface area contributed by atoms with Crippen LogP contribution in [0, 0.1) is 17.6 Å². The zero-order valence-electron chi connectivity index (χ0n) is 10.9. The number of halogens is 2. The highest BCUT2D eigenvalue weighted by Crippen LogP contribution is 2.12. The highest BCUT2D eigenvalue weighted by Gasteiger charge is 2.17. The minimum atomic E-state index is -1.02. The van der Waals surface area contributed by atoms with E-state index in [9.17, 15) is 13.6 Å². The third kappa shape index (κ3) is 4.18. The normalized spacial score (nSPS) is 12.8. The highest BCUT2D eigenvalue weighted by molar-refractivity contribution is 5.99. The van der Waals surface area contributed by atoms with Gasteiger partial charge in [0.15, 0.2) is 17.4 Å². The topological polar surface area (TPSA) is 26.3 Å². The molecule has 0 bridgehead atoms. The van der Waals surface area contributed by atoms with Crippen LogP contribution in [0.2, 0.25) is 0 Å². The fourth-order valence-electron chi connectivity index (χ4n) is 1.44. The minimum absolute atomic E-state index is 0.131. The van der Waals surface area contributed by atoms with Gasteiger partial charge >= 0.3 is 0 Å². The quantitative estimate of drug-likeness (QED) is 0.727. The minimum Gasteiger partial charge on any atom is -0.370 e. The van der Waals surface area contributed by atoms with Crippen molar-refractivity contribution in [3.63, 3.8) is 0 Å². The summed E-state index contributed by atoms with van der Waals surface area (Å²) in [7, 11) is 0. The first-order valence-corrected chi connectivity index (χ1v) is 6.02. The van der Waals surface area contributed by atoms with Crippen molar-refractivity contribution in [3.8, 4) is 0 Å². The van der Waals surface area contributed by atoms with Gasteiger partial charge in [-0.05, 0) is 37.5 Å². The molecule has 0 N–H and O–H groups in total. The molecule has 1 atom stereocenters. The number of rotatable bonds is 6. The smallest absolute Gasteiger partial charge is 0.191 e. The van der Waals surface area contributed by atoms with Gasteiger partial charge in [-0.15, -0.1) is 0 Å². The lowest BCUT2D eigenvalue weighted by atomic mass is 10.1. The highest BCUT2D eigenvalue weighted by atomic mass is 19.2. The van der Waals surface area contributed by atoms with E-state index >= 15 is 0 Å². The summed E-state index contributed by atoms with van der Waals surface area (Å²) in [5, 5.41) is 0. The van der Waals surface area contributed by atoms with Crippen LogP contribution in [0.3, 0.4) is 0 Å². The molecule has 18 heavy (non-hydrogen) atoms. The summed E-state index contributed by atoms with van der Waals surface area (Å²) in [6.45, 7) is 6.22. The summed E-state index contributed by atoms with van der Waals surface area (Å²) in [5.41, 5.74) is 0.131. The molecular weight excluding hydrogens is 238 g/mol. The molecule has 0 radical (unpaired) electrons. The van der Waals surface area contributed by atoms with Crippen molar-refractivity contribution >= 4 is 5.78 Å². The van der Waals surface area contributed by atoms with E-state index in [0.29, 0.717) is 12.5 Å². The number of benzene rings is 1. The molecular formula is C14H18F2O2. The summed E-state index contributed by atoms with van der Waals surface area (Å²) < 4.78 is 31.1. The van der Waals surface area contributed by atoms with Crippen LogP contribution in [0.25, 0.3) is 0 Å². The molecule has 0 saturated carbocycles. The second-order valence-electron chi connectivity index (χ2n) is 4.69. The van der Waals surface area contributed by atoms with Crippen molar-refractivity contribution in [2.45, 2.75) is 33.3 Å². The molecule has 0 aliphatic heterocycles. The molecule has 100 valence electrons. The fourth-order valence-corrected chi connectivity index (χ4v) is 1.44. The Kier molecular flexibility index (Phi) is 5.41. The maximum atomic E-state index is 13.0. The van der Waals surface area contributed by atoms with E-state index in [2.05, 4.69) is 13.8 Å². The Labute approximate surface area is 106 Å². The number of hydrogen-bond acceptors (Lipinski definition) is 2. The third-order valence-electron chi connectivity index (χ3n) is 2.64. The van der Waals surface area contributed by atoms with Gasteiger partial charge in [-0.1, -0.05) is 13.8 Å². The predicted molar refractivity (Wildman–Crippen MR) is 65.6 cm³/mol. The first kappa shape index (κ1) is 14.8.